The number of amides is 1. The number of ether oxygens (including phenoxy) is 2. The number of unbranched alkanes of at least 4 members (excludes halogenated alkanes) is 1. The van der Waals surface area contributed by atoms with E-state index in [4.69, 9.17) is 9.47 Å². The zero-order valence-corrected chi connectivity index (χ0v) is 16.2. The number of halogens is 1. The molecule has 0 fully saturated rings. The summed E-state index contributed by atoms with van der Waals surface area (Å²) in [6, 6.07) is 15.0. The number of hydrazone groups is 1. The van der Waals surface area contributed by atoms with Gasteiger partial charge in [-0.2, -0.15) is 5.10 Å². The van der Waals surface area contributed by atoms with Gasteiger partial charge in [0.2, 0.25) is 0 Å². The van der Waals surface area contributed by atoms with E-state index in [1.54, 1.807) is 18.3 Å². The second kappa shape index (κ2) is 10.7. The molecule has 2 aromatic rings. The lowest BCUT2D eigenvalue weighted by atomic mass is 10.2. The van der Waals surface area contributed by atoms with Crippen LogP contribution in [0.2, 0.25) is 0 Å². The summed E-state index contributed by atoms with van der Waals surface area (Å²) < 4.78 is 12.1. The van der Waals surface area contributed by atoms with Gasteiger partial charge in [0.05, 0.1) is 12.8 Å². The first-order valence-corrected chi connectivity index (χ1v) is 9.18. The summed E-state index contributed by atoms with van der Waals surface area (Å²) in [7, 11) is 0. The third kappa shape index (κ3) is 7.55. The monoisotopic (exact) mass is 452 g/mol. The molecule has 0 saturated heterocycles. The van der Waals surface area contributed by atoms with Crippen LogP contribution in [0.15, 0.2) is 53.6 Å². The molecule has 0 aliphatic heterocycles. The Kier molecular flexibility index (Phi) is 8.24. The minimum Gasteiger partial charge on any atom is -0.494 e. The fourth-order valence-electron chi connectivity index (χ4n) is 1.91. The van der Waals surface area contributed by atoms with E-state index in [9.17, 15) is 4.79 Å². The molecule has 1 N–H and O–H groups in total. The van der Waals surface area contributed by atoms with E-state index in [1.807, 2.05) is 36.4 Å². The van der Waals surface area contributed by atoms with E-state index >= 15 is 0 Å². The Morgan fingerprint density at radius 3 is 2.56 bits per heavy atom. The highest BCUT2D eigenvalue weighted by atomic mass is 127. The molecule has 1 amide bonds. The highest BCUT2D eigenvalue weighted by molar-refractivity contribution is 14.1. The van der Waals surface area contributed by atoms with Gasteiger partial charge in [-0.1, -0.05) is 25.5 Å². The van der Waals surface area contributed by atoms with Crippen LogP contribution in [0.3, 0.4) is 0 Å². The summed E-state index contributed by atoms with van der Waals surface area (Å²) in [5.41, 5.74) is 3.37. The first-order chi connectivity index (χ1) is 12.2. The van der Waals surface area contributed by atoms with Gasteiger partial charge in [0, 0.05) is 3.57 Å². The van der Waals surface area contributed by atoms with Crippen molar-refractivity contribution in [3.8, 4) is 11.5 Å². The molecule has 132 valence electrons. The van der Waals surface area contributed by atoms with Crippen LogP contribution in [0.25, 0.3) is 0 Å². The number of carbonyl (C=O) groups excluding carboxylic acids is 1. The van der Waals surface area contributed by atoms with Crippen molar-refractivity contribution < 1.29 is 14.3 Å². The second-order valence-electron chi connectivity index (χ2n) is 5.31. The van der Waals surface area contributed by atoms with Gasteiger partial charge in [-0.3, -0.25) is 4.79 Å². The molecular formula is C19H21IN2O3. The van der Waals surface area contributed by atoms with Gasteiger partial charge in [0.25, 0.3) is 5.91 Å². The van der Waals surface area contributed by atoms with Crippen molar-refractivity contribution in [2.75, 3.05) is 13.2 Å². The van der Waals surface area contributed by atoms with Crippen LogP contribution in [0.5, 0.6) is 11.5 Å². The SMILES string of the molecule is CCCCOc1ccc(OCC(=O)N/N=C/c2cccc(I)c2)cc1. The third-order valence-electron chi connectivity index (χ3n) is 3.21. The average Bonchev–Trinajstić information content (AvgIpc) is 2.61. The van der Waals surface area contributed by atoms with Crippen molar-refractivity contribution in [1.82, 2.24) is 5.43 Å². The van der Waals surface area contributed by atoms with Crippen LogP contribution in [0.4, 0.5) is 0 Å². The topological polar surface area (TPSA) is 59.9 Å². The average molecular weight is 452 g/mol. The van der Waals surface area contributed by atoms with Gasteiger partial charge < -0.3 is 9.47 Å². The molecule has 5 nitrogen and oxygen atoms in total. The van der Waals surface area contributed by atoms with Crippen LogP contribution in [0.1, 0.15) is 25.3 Å². The quantitative estimate of drug-likeness (QED) is 0.271. The Morgan fingerprint density at radius 2 is 1.88 bits per heavy atom. The number of nitrogens with one attached hydrogen (secondary N) is 1. The maximum absolute atomic E-state index is 11.7. The molecule has 0 spiro atoms. The summed E-state index contributed by atoms with van der Waals surface area (Å²) in [6.45, 7) is 2.73. The lowest BCUT2D eigenvalue weighted by Crippen LogP contribution is -2.24. The van der Waals surface area contributed by atoms with Crippen molar-refractivity contribution in [3.63, 3.8) is 0 Å². The molecule has 0 aliphatic rings. The fraction of sp³-hybridized carbons (Fsp3) is 0.263. The predicted octanol–water partition coefficient (Wildman–Crippen LogP) is 4.00. The first kappa shape index (κ1) is 19.2. The Balaban J connectivity index is 1.72. The van der Waals surface area contributed by atoms with Crippen LogP contribution in [-0.4, -0.2) is 25.3 Å². The molecule has 2 aromatic carbocycles. The molecule has 0 aliphatic carbocycles. The Morgan fingerprint density at radius 1 is 1.16 bits per heavy atom. The lowest BCUT2D eigenvalue weighted by molar-refractivity contribution is -0.123. The summed E-state index contributed by atoms with van der Waals surface area (Å²) in [4.78, 5) is 11.7. The van der Waals surface area contributed by atoms with Crippen molar-refractivity contribution >= 4 is 34.7 Å². The minimum absolute atomic E-state index is 0.0975. The number of benzene rings is 2. The summed E-state index contributed by atoms with van der Waals surface area (Å²) in [5.74, 6) is 1.09. The normalized spacial score (nSPS) is 10.6. The summed E-state index contributed by atoms with van der Waals surface area (Å²) in [6.07, 6.45) is 3.73. The van der Waals surface area contributed by atoms with Crippen molar-refractivity contribution in [2.45, 2.75) is 19.8 Å². The molecule has 0 radical (unpaired) electrons. The molecular weight excluding hydrogens is 431 g/mol. The Bertz CT molecular complexity index is 702. The van der Waals surface area contributed by atoms with E-state index in [1.165, 1.54) is 0 Å². The summed E-state index contributed by atoms with van der Waals surface area (Å²) in [5, 5.41) is 3.92. The van der Waals surface area contributed by atoms with Crippen LogP contribution in [0, 0.1) is 3.57 Å². The Labute approximate surface area is 161 Å². The number of rotatable bonds is 9. The van der Waals surface area contributed by atoms with E-state index < -0.39 is 0 Å². The zero-order valence-electron chi connectivity index (χ0n) is 14.1. The highest BCUT2D eigenvalue weighted by Crippen LogP contribution is 2.17. The molecule has 0 saturated carbocycles. The highest BCUT2D eigenvalue weighted by Gasteiger charge is 2.02. The smallest absolute Gasteiger partial charge is 0.277 e. The van der Waals surface area contributed by atoms with E-state index in [2.05, 4.69) is 40.0 Å². The molecule has 25 heavy (non-hydrogen) atoms. The van der Waals surface area contributed by atoms with E-state index in [0.717, 1.165) is 27.7 Å². The van der Waals surface area contributed by atoms with Gasteiger partial charge in [-0.25, -0.2) is 5.43 Å². The van der Waals surface area contributed by atoms with Crippen LogP contribution < -0.4 is 14.9 Å². The zero-order chi connectivity index (χ0) is 17.9. The lowest BCUT2D eigenvalue weighted by Gasteiger charge is -2.07. The molecule has 0 bridgehead atoms. The van der Waals surface area contributed by atoms with Gasteiger partial charge >= 0.3 is 0 Å². The Hall–Kier alpha value is -2.09. The maximum Gasteiger partial charge on any atom is 0.277 e. The second-order valence-corrected chi connectivity index (χ2v) is 6.56. The maximum atomic E-state index is 11.7. The molecule has 0 unspecified atom stereocenters. The summed E-state index contributed by atoms with van der Waals surface area (Å²) >= 11 is 2.22. The minimum atomic E-state index is -0.315. The number of hydrogen-bond donors (Lipinski definition) is 1. The number of carbonyl (C=O) groups is 1. The van der Waals surface area contributed by atoms with Gasteiger partial charge in [-0.15, -0.1) is 0 Å². The number of hydrogen-bond acceptors (Lipinski definition) is 4. The van der Waals surface area contributed by atoms with Gasteiger partial charge in [-0.05, 0) is 71.0 Å². The van der Waals surface area contributed by atoms with E-state index in [0.29, 0.717) is 12.4 Å². The van der Waals surface area contributed by atoms with Crippen molar-refractivity contribution in [2.24, 2.45) is 5.10 Å². The number of nitrogens with zero attached hydrogens (tertiary/aromatic N) is 1. The van der Waals surface area contributed by atoms with Crippen molar-refractivity contribution in [1.29, 1.82) is 0 Å². The largest absolute Gasteiger partial charge is 0.494 e. The molecule has 0 aromatic heterocycles. The molecule has 0 heterocycles. The standard InChI is InChI=1S/C19H21IN2O3/c1-2-3-11-24-17-7-9-18(10-8-17)25-14-19(23)22-21-13-15-5-4-6-16(20)12-15/h4-10,12-13H,2-3,11,14H2,1H3,(H,22,23)/b21-13+. The van der Waals surface area contributed by atoms with Crippen LogP contribution in [-0.2, 0) is 4.79 Å². The van der Waals surface area contributed by atoms with Crippen LogP contribution >= 0.6 is 22.6 Å². The predicted molar refractivity (Wildman–Crippen MR) is 107 cm³/mol. The fourth-order valence-corrected chi connectivity index (χ4v) is 2.48. The molecule has 0 atom stereocenters. The van der Waals surface area contributed by atoms with Gasteiger partial charge in [0.15, 0.2) is 6.61 Å². The first-order valence-electron chi connectivity index (χ1n) is 8.10. The molecule has 6 heteroatoms. The van der Waals surface area contributed by atoms with Gasteiger partial charge in [0.1, 0.15) is 11.5 Å². The third-order valence-corrected chi connectivity index (χ3v) is 3.88. The van der Waals surface area contributed by atoms with E-state index in [-0.39, 0.29) is 12.5 Å². The van der Waals surface area contributed by atoms with Crippen molar-refractivity contribution in [3.05, 3.63) is 57.7 Å². The molecule has 2 rings (SSSR count).